The smallest absolute Gasteiger partial charge is 0.119 e. The summed E-state index contributed by atoms with van der Waals surface area (Å²) >= 11 is 0. The summed E-state index contributed by atoms with van der Waals surface area (Å²) in [5.74, 6) is 0.907. The molecule has 0 atom stereocenters. The van der Waals surface area contributed by atoms with Crippen molar-refractivity contribution < 1.29 is 4.74 Å². The van der Waals surface area contributed by atoms with Gasteiger partial charge in [0.2, 0.25) is 0 Å². The lowest BCUT2D eigenvalue weighted by atomic mass is 10.2. The Hall–Kier alpha value is -0.890. The molecule has 0 aliphatic heterocycles. The van der Waals surface area contributed by atoms with Gasteiger partial charge in [-0.15, -0.1) is 0 Å². The fourth-order valence-corrected chi connectivity index (χ4v) is 1.36. The van der Waals surface area contributed by atoms with Gasteiger partial charge in [-0.25, -0.2) is 0 Å². The van der Waals surface area contributed by atoms with Gasteiger partial charge in [0.25, 0.3) is 0 Å². The summed E-state index contributed by atoms with van der Waals surface area (Å²) in [4.78, 5) is 0. The Balaban J connectivity index is 2.69. The second kappa shape index (κ2) is 4.97. The Morgan fingerprint density at radius 3 is 2.23 bits per heavy atom. The number of rotatable bonds is 3. The highest BCUT2D eigenvalue weighted by Gasteiger charge is 1.94. The maximum absolute atomic E-state index is 5.07. The quantitative estimate of drug-likeness (QED) is 0.673. The van der Waals surface area contributed by atoms with Crippen LogP contribution in [0.15, 0.2) is 29.7 Å². The minimum Gasteiger partial charge on any atom is -0.497 e. The Labute approximate surface area is 82.8 Å². The fourth-order valence-electron chi connectivity index (χ4n) is 0.930. The summed E-state index contributed by atoms with van der Waals surface area (Å²) in [5, 5.41) is 2.21. The van der Waals surface area contributed by atoms with Gasteiger partial charge < -0.3 is 4.74 Å². The minimum absolute atomic E-state index is 0.365. The summed E-state index contributed by atoms with van der Waals surface area (Å²) < 4.78 is 5.07. The van der Waals surface area contributed by atoms with Crippen molar-refractivity contribution in [1.82, 2.24) is 0 Å². The Morgan fingerprint density at radius 1 is 1.15 bits per heavy atom. The van der Waals surface area contributed by atoms with Crippen molar-refractivity contribution in [2.45, 2.75) is 0 Å². The van der Waals surface area contributed by atoms with E-state index < -0.39 is 0 Å². The highest BCUT2D eigenvalue weighted by molar-refractivity contribution is 7.98. The van der Waals surface area contributed by atoms with E-state index in [1.165, 1.54) is 5.56 Å². The maximum Gasteiger partial charge on any atom is 0.119 e. The number of benzene rings is 1. The Kier molecular flexibility index (Phi) is 3.90. The zero-order valence-electron chi connectivity index (χ0n) is 8.28. The molecule has 0 fully saturated rings. The molecule has 0 unspecified atom stereocenters. The van der Waals surface area contributed by atoms with Gasteiger partial charge in [0.05, 0.1) is 7.11 Å². The predicted octanol–water partition coefficient (Wildman–Crippen LogP) is 2.54. The summed E-state index contributed by atoms with van der Waals surface area (Å²) in [6.45, 7) is 0. The third-order valence-electron chi connectivity index (χ3n) is 1.65. The Bertz CT molecular complexity index is 275. The van der Waals surface area contributed by atoms with Crippen LogP contribution in [0.1, 0.15) is 5.56 Å². The largest absolute Gasteiger partial charge is 0.497 e. The van der Waals surface area contributed by atoms with Crippen molar-refractivity contribution in [3.05, 3.63) is 35.2 Å². The van der Waals surface area contributed by atoms with Crippen molar-refractivity contribution in [2.24, 2.45) is 0 Å². The van der Waals surface area contributed by atoms with E-state index in [0.717, 1.165) is 5.75 Å². The standard InChI is InChI=1S/C11H15OS/c1-12-11-6-4-10(5-7-11)8-9-13(2)3/h4-9H,1-3H3/q+1/b9-8-. The zero-order valence-corrected chi connectivity index (χ0v) is 9.10. The van der Waals surface area contributed by atoms with Gasteiger partial charge in [-0.1, -0.05) is 12.1 Å². The van der Waals surface area contributed by atoms with Crippen molar-refractivity contribution in [1.29, 1.82) is 0 Å². The van der Waals surface area contributed by atoms with Gasteiger partial charge in [0, 0.05) is 10.9 Å². The lowest BCUT2D eigenvalue weighted by Gasteiger charge is -1.98. The van der Waals surface area contributed by atoms with Gasteiger partial charge >= 0.3 is 0 Å². The molecule has 0 aromatic heterocycles. The van der Waals surface area contributed by atoms with E-state index in [9.17, 15) is 0 Å². The van der Waals surface area contributed by atoms with Gasteiger partial charge in [0.1, 0.15) is 23.7 Å². The van der Waals surface area contributed by atoms with Crippen LogP contribution in [-0.2, 0) is 10.9 Å². The van der Waals surface area contributed by atoms with Crippen molar-refractivity contribution >= 4 is 17.0 Å². The molecule has 1 aromatic carbocycles. The highest BCUT2D eigenvalue weighted by Crippen LogP contribution is 2.12. The molecule has 1 aromatic rings. The van der Waals surface area contributed by atoms with E-state index >= 15 is 0 Å². The second-order valence-electron chi connectivity index (χ2n) is 2.96. The monoisotopic (exact) mass is 195 g/mol. The SMILES string of the molecule is COc1ccc(/C=C\[S+](C)C)cc1. The molecular weight excluding hydrogens is 180 g/mol. The van der Waals surface area contributed by atoms with Crippen LogP contribution in [0.3, 0.4) is 0 Å². The first-order valence-corrected chi connectivity index (χ1v) is 6.21. The zero-order chi connectivity index (χ0) is 9.68. The average molecular weight is 195 g/mol. The fraction of sp³-hybridized carbons (Fsp3) is 0.273. The Morgan fingerprint density at radius 2 is 1.77 bits per heavy atom. The molecule has 2 heteroatoms. The topological polar surface area (TPSA) is 9.23 Å². The first-order chi connectivity index (χ1) is 6.22. The molecule has 13 heavy (non-hydrogen) atoms. The summed E-state index contributed by atoms with van der Waals surface area (Å²) in [6, 6.07) is 8.07. The molecule has 0 amide bonds. The molecule has 0 heterocycles. The molecule has 0 N–H and O–H groups in total. The minimum atomic E-state index is 0.365. The molecule has 0 spiro atoms. The lowest BCUT2D eigenvalue weighted by molar-refractivity contribution is 0.415. The molecular formula is C11H15OS+. The number of hydrogen-bond donors (Lipinski definition) is 0. The van der Waals surface area contributed by atoms with E-state index in [-0.39, 0.29) is 0 Å². The van der Waals surface area contributed by atoms with E-state index in [2.05, 4.69) is 36.1 Å². The molecule has 70 valence electrons. The second-order valence-corrected chi connectivity index (χ2v) is 4.99. The van der Waals surface area contributed by atoms with Gasteiger partial charge in [-0.2, -0.15) is 0 Å². The molecule has 0 aliphatic carbocycles. The van der Waals surface area contributed by atoms with Crippen LogP contribution in [-0.4, -0.2) is 19.6 Å². The van der Waals surface area contributed by atoms with Crippen molar-refractivity contribution in [2.75, 3.05) is 19.6 Å². The molecule has 0 aliphatic rings. The summed E-state index contributed by atoms with van der Waals surface area (Å²) in [5.41, 5.74) is 1.22. The van der Waals surface area contributed by atoms with Crippen molar-refractivity contribution in [3.8, 4) is 5.75 Å². The summed E-state index contributed by atoms with van der Waals surface area (Å²) in [6.07, 6.45) is 6.53. The molecule has 0 saturated carbocycles. The van der Waals surface area contributed by atoms with E-state index in [4.69, 9.17) is 4.74 Å². The van der Waals surface area contributed by atoms with Gasteiger partial charge in [-0.05, 0) is 23.8 Å². The van der Waals surface area contributed by atoms with Crippen LogP contribution in [0.25, 0.3) is 6.08 Å². The first kappa shape index (κ1) is 10.2. The van der Waals surface area contributed by atoms with Crippen LogP contribution in [0.4, 0.5) is 0 Å². The third-order valence-corrected chi connectivity index (χ3v) is 2.33. The van der Waals surface area contributed by atoms with Crippen LogP contribution in [0.2, 0.25) is 0 Å². The molecule has 1 nitrogen and oxygen atoms in total. The highest BCUT2D eigenvalue weighted by atomic mass is 32.2. The average Bonchev–Trinajstić information content (AvgIpc) is 2.15. The van der Waals surface area contributed by atoms with Crippen LogP contribution in [0.5, 0.6) is 5.75 Å². The lowest BCUT2D eigenvalue weighted by Crippen LogP contribution is -1.86. The van der Waals surface area contributed by atoms with Crippen molar-refractivity contribution in [3.63, 3.8) is 0 Å². The first-order valence-electron chi connectivity index (χ1n) is 4.11. The number of hydrogen-bond acceptors (Lipinski definition) is 1. The summed E-state index contributed by atoms with van der Waals surface area (Å²) in [7, 11) is 2.05. The van der Waals surface area contributed by atoms with Crippen LogP contribution < -0.4 is 4.74 Å². The van der Waals surface area contributed by atoms with Gasteiger partial charge in [0.15, 0.2) is 0 Å². The number of ether oxygens (including phenoxy) is 1. The van der Waals surface area contributed by atoms with E-state index in [1.54, 1.807) is 7.11 Å². The predicted molar refractivity (Wildman–Crippen MR) is 61.2 cm³/mol. The van der Waals surface area contributed by atoms with Gasteiger partial charge in [-0.3, -0.25) is 0 Å². The maximum atomic E-state index is 5.07. The number of methoxy groups -OCH3 is 1. The van der Waals surface area contributed by atoms with E-state index in [0.29, 0.717) is 10.9 Å². The normalized spacial score (nSPS) is 11.1. The van der Waals surface area contributed by atoms with E-state index in [1.807, 2.05) is 12.1 Å². The molecule has 1 rings (SSSR count). The van der Waals surface area contributed by atoms with Crippen LogP contribution in [0, 0.1) is 0 Å². The van der Waals surface area contributed by atoms with Crippen LogP contribution >= 0.6 is 0 Å². The molecule has 0 radical (unpaired) electrons. The molecule has 0 bridgehead atoms. The molecule has 0 saturated heterocycles. The third kappa shape index (κ3) is 3.55.